The molecule has 17 heavy (non-hydrogen) atoms. The molecule has 2 rings (SSSR count). The molecule has 0 bridgehead atoms. The number of rotatable bonds is 4. The monoisotopic (exact) mass is 228 g/mol. The molecule has 0 atom stereocenters. The van der Waals surface area contributed by atoms with Gasteiger partial charge in [-0.1, -0.05) is 6.08 Å². The Hall–Kier alpha value is -2.10. The molecular weight excluding hydrogens is 212 g/mol. The van der Waals surface area contributed by atoms with Gasteiger partial charge in [0.2, 0.25) is 5.95 Å². The minimum absolute atomic E-state index is 0.739. The van der Waals surface area contributed by atoms with E-state index in [0.717, 1.165) is 29.6 Å². The molecule has 1 N–H and O–H groups in total. The highest BCUT2D eigenvalue weighted by Gasteiger charge is 2.04. The van der Waals surface area contributed by atoms with Gasteiger partial charge in [-0.25, -0.2) is 4.98 Å². The number of aryl methyl sites for hydroxylation is 2. The highest BCUT2D eigenvalue weighted by atomic mass is 15.2. The van der Waals surface area contributed by atoms with Gasteiger partial charge in [-0.05, 0) is 26.0 Å². The topological polar surface area (TPSA) is 42.7 Å². The van der Waals surface area contributed by atoms with Crippen LogP contribution in [0.2, 0.25) is 0 Å². The Kier molecular flexibility index (Phi) is 3.23. The number of hydrogen-bond donors (Lipinski definition) is 1. The Labute approximate surface area is 101 Å². The van der Waals surface area contributed by atoms with E-state index in [1.807, 2.05) is 42.8 Å². The number of imidazole rings is 1. The summed E-state index contributed by atoms with van der Waals surface area (Å²) in [5.41, 5.74) is 2.92. The van der Waals surface area contributed by atoms with E-state index in [9.17, 15) is 0 Å². The van der Waals surface area contributed by atoms with Crippen molar-refractivity contribution in [1.29, 1.82) is 0 Å². The van der Waals surface area contributed by atoms with Crippen LogP contribution >= 0.6 is 0 Å². The van der Waals surface area contributed by atoms with E-state index in [0.29, 0.717) is 0 Å². The number of pyridine rings is 1. The molecule has 4 nitrogen and oxygen atoms in total. The molecule has 0 radical (unpaired) electrons. The van der Waals surface area contributed by atoms with Crippen LogP contribution < -0.4 is 5.32 Å². The number of allylic oxidation sites excluding steroid dienone is 1. The van der Waals surface area contributed by atoms with Crippen LogP contribution in [-0.4, -0.2) is 14.5 Å². The number of aromatic nitrogens is 3. The highest BCUT2D eigenvalue weighted by molar-refractivity contribution is 5.52. The zero-order valence-electron chi connectivity index (χ0n) is 10.1. The van der Waals surface area contributed by atoms with Gasteiger partial charge < -0.3 is 9.88 Å². The summed E-state index contributed by atoms with van der Waals surface area (Å²) in [7, 11) is 0. The van der Waals surface area contributed by atoms with Crippen LogP contribution in [0.15, 0.2) is 37.2 Å². The third-order valence-electron chi connectivity index (χ3n) is 2.39. The van der Waals surface area contributed by atoms with Crippen molar-refractivity contribution in [3.8, 4) is 0 Å². The van der Waals surface area contributed by atoms with Gasteiger partial charge in [-0.3, -0.25) is 4.98 Å². The number of hydrogen-bond acceptors (Lipinski definition) is 3. The molecule has 0 spiro atoms. The Morgan fingerprint density at radius 3 is 2.82 bits per heavy atom. The van der Waals surface area contributed by atoms with Crippen LogP contribution in [0.3, 0.4) is 0 Å². The standard InChI is InChI=1S/C13H16N4/c1-4-7-17-9-11(3)15-13(17)16-12-6-5-10(2)14-8-12/h4-6,8-9H,1,7H2,2-3H3,(H,15,16). The molecule has 2 heterocycles. The molecule has 0 saturated carbocycles. The van der Waals surface area contributed by atoms with Gasteiger partial charge in [-0.2, -0.15) is 0 Å². The first-order chi connectivity index (χ1) is 8.19. The van der Waals surface area contributed by atoms with Gasteiger partial charge >= 0.3 is 0 Å². The second kappa shape index (κ2) is 4.82. The Bertz CT molecular complexity index is 511. The van der Waals surface area contributed by atoms with Crippen molar-refractivity contribution in [3.05, 3.63) is 48.6 Å². The zero-order valence-corrected chi connectivity index (χ0v) is 10.1. The summed E-state index contributed by atoms with van der Waals surface area (Å²) in [6.07, 6.45) is 5.64. The van der Waals surface area contributed by atoms with Crippen molar-refractivity contribution >= 4 is 11.6 Å². The highest BCUT2D eigenvalue weighted by Crippen LogP contribution is 2.15. The smallest absolute Gasteiger partial charge is 0.207 e. The lowest BCUT2D eigenvalue weighted by molar-refractivity contribution is 0.832. The van der Waals surface area contributed by atoms with Crippen molar-refractivity contribution in [2.24, 2.45) is 0 Å². The van der Waals surface area contributed by atoms with Gasteiger partial charge in [0.25, 0.3) is 0 Å². The van der Waals surface area contributed by atoms with Gasteiger partial charge in [0.1, 0.15) is 0 Å². The molecule has 2 aromatic heterocycles. The second-order valence-electron chi connectivity index (χ2n) is 3.96. The first-order valence-electron chi connectivity index (χ1n) is 5.53. The van der Waals surface area contributed by atoms with Crippen LogP contribution in [0.4, 0.5) is 11.6 Å². The predicted octanol–water partition coefficient (Wildman–Crippen LogP) is 2.82. The third-order valence-corrected chi connectivity index (χ3v) is 2.39. The van der Waals surface area contributed by atoms with Gasteiger partial charge in [0.15, 0.2) is 0 Å². The van der Waals surface area contributed by atoms with Crippen LogP contribution in [0, 0.1) is 13.8 Å². The van der Waals surface area contributed by atoms with Crippen molar-refractivity contribution in [2.45, 2.75) is 20.4 Å². The average molecular weight is 228 g/mol. The first kappa shape index (κ1) is 11.4. The molecule has 0 aliphatic rings. The molecule has 0 aliphatic carbocycles. The maximum absolute atomic E-state index is 4.42. The fraction of sp³-hybridized carbons (Fsp3) is 0.231. The fourth-order valence-corrected chi connectivity index (χ4v) is 1.60. The summed E-state index contributed by atoms with van der Waals surface area (Å²) < 4.78 is 2.02. The van der Waals surface area contributed by atoms with Crippen LogP contribution in [0.5, 0.6) is 0 Å². The van der Waals surface area contributed by atoms with Crippen molar-refractivity contribution in [2.75, 3.05) is 5.32 Å². The molecule has 4 heteroatoms. The van der Waals surface area contributed by atoms with E-state index in [-0.39, 0.29) is 0 Å². The molecule has 88 valence electrons. The van der Waals surface area contributed by atoms with Gasteiger partial charge in [0.05, 0.1) is 17.6 Å². The lowest BCUT2D eigenvalue weighted by Gasteiger charge is -2.07. The SMILES string of the molecule is C=CCn1cc(C)nc1Nc1ccc(C)nc1. The second-order valence-corrected chi connectivity index (χ2v) is 3.96. The summed E-state index contributed by atoms with van der Waals surface area (Å²) in [4.78, 5) is 8.66. The van der Waals surface area contributed by atoms with E-state index in [1.165, 1.54) is 0 Å². The Morgan fingerprint density at radius 2 is 2.18 bits per heavy atom. The molecule has 0 fully saturated rings. The van der Waals surface area contributed by atoms with E-state index in [1.54, 1.807) is 6.20 Å². The average Bonchev–Trinajstić information content (AvgIpc) is 2.63. The summed E-state index contributed by atoms with van der Waals surface area (Å²) in [5.74, 6) is 0.813. The molecule has 0 amide bonds. The molecule has 0 aliphatic heterocycles. The number of anilines is 2. The maximum Gasteiger partial charge on any atom is 0.207 e. The lowest BCUT2D eigenvalue weighted by Crippen LogP contribution is -2.02. The molecular formula is C13H16N4. The number of nitrogens with zero attached hydrogens (tertiary/aromatic N) is 3. The normalized spacial score (nSPS) is 10.2. The molecule has 0 saturated heterocycles. The summed E-state index contributed by atoms with van der Waals surface area (Å²) >= 11 is 0. The lowest BCUT2D eigenvalue weighted by atomic mass is 10.3. The zero-order chi connectivity index (χ0) is 12.3. The molecule has 0 aromatic carbocycles. The maximum atomic E-state index is 4.42. The molecule has 2 aromatic rings. The third kappa shape index (κ3) is 2.72. The van der Waals surface area contributed by atoms with Gasteiger partial charge in [0, 0.05) is 18.4 Å². The van der Waals surface area contributed by atoms with Crippen LogP contribution in [0.1, 0.15) is 11.4 Å². The minimum Gasteiger partial charge on any atom is -0.324 e. The van der Waals surface area contributed by atoms with Crippen LogP contribution in [0.25, 0.3) is 0 Å². The first-order valence-corrected chi connectivity index (χ1v) is 5.53. The summed E-state index contributed by atoms with van der Waals surface area (Å²) in [6, 6.07) is 3.96. The Morgan fingerprint density at radius 1 is 1.35 bits per heavy atom. The van der Waals surface area contributed by atoms with Crippen molar-refractivity contribution in [3.63, 3.8) is 0 Å². The quantitative estimate of drug-likeness (QED) is 0.818. The minimum atomic E-state index is 0.739. The van der Waals surface area contributed by atoms with Crippen molar-refractivity contribution in [1.82, 2.24) is 14.5 Å². The van der Waals surface area contributed by atoms with E-state index < -0.39 is 0 Å². The van der Waals surface area contributed by atoms with E-state index in [4.69, 9.17) is 0 Å². The van der Waals surface area contributed by atoms with Gasteiger partial charge in [-0.15, -0.1) is 6.58 Å². The van der Waals surface area contributed by atoms with Crippen LogP contribution in [-0.2, 0) is 6.54 Å². The molecule has 0 unspecified atom stereocenters. The van der Waals surface area contributed by atoms with Crippen molar-refractivity contribution < 1.29 is 0 Å². The van der Waals surface area contributed by atoms with E-state index in [2.05, 4.69) is 21.9 Å². The Balaban J connectivity index is 2.22. The predicted molar refractivity (Wildman–Crippen MR) is 69.4 cm³/mol. The summed E-state index contributed by atoms with van der Waals surface area (Å²) in [6.45, 7) is 8.41. The fourth-order valence-electron chi connectivity index (χ4n) is 1.60. The largest absolute Gasteiger partial charge is 0.324 e. The summed E-state index contributed by atoms with van der Waals surface area (Å²) in [5, 5.41) is 3.25. The van der Waals surface area contributed by atoms with E-state index >= 15 is 0 Å². The number of nitrogens with one attached hydrogen (secondary N) is 1.